The van der Waals surface area contributed by atoms with Crippen LogP contribution in [0.4, 0.5) is 4.79 Å². The Kier molecular flexibility index (Phi) is 5.94. The number of hydrogen-bond donors (Lipinski definition) is 1. The number of hydrogen-bond acceptors (Lipinski definition) is 5. The van der Waals surface area contributed by atoms with E-state index < -0.39 is 17.8 Å². The summed E-state index contributed by atoms with van der Waals surface area (Å²) in [5.41, 5.74) is 2.33. The van der Waals surface area contributed by atoms with Crippen molar-refractivity contribution in [2.45, 2.75) is 58.5 Å². The number of imide groups is 2. The highest BCUT2D eigenvalue weighted by Gasteiger charge is 2.49. The number of rotatable bonds is 7. The fourth-order valence-electron chi connectivity index (χ4n) is 4.75. The van der Waals surface area contributed by atoms with Crippen LogP contribution in [0.25, 0.3) is 0 Å². The van der Waals surface area contributed by atoms with E-state index in [1.54, 1.807) is 0 Å². The van der Waals surface area contributed by atoms with Gasteiger partial charge in [0.2, 0.25) is 0 Å². The first-order chi connectivity index (χ1) is 14.5. The molecule has 3 aliphatic rings. The van der Waals surface area contributed by atoms with Crippen molar-refractivity contribution in [2.24, 2.45) is 0 Å². The van der Waals surface area contributed by atoms with Gasteiger partial charge in [0, 0.05) is 18.0 Å². The maximum absolute atomic E-state index is 12.8. The van der Waals surface area contributed by atoms with E-state index in [-0.39, 0.29) is 12.7 Å². The molecule has 0 radical (unpaired) electrons. The van der Waals surface area contributed by atoms with Crippen LogP contribution in [-0.2, 0) is 22.6 Å². The first-order valence-electron chi connectivity index (χ1n) is 11.0. The van der Waals surface area contributed by atoms with Crippen molar-refractivity contribution >= 4 is 17.8 Å². The average Bonchev–Trinajstić information content (AvgIpc) is 3.32. The summed E-state index contributed by atoms with van der Waals surface area (Å²) in [6, 6.07) is 3.48. The highest BCUT2D eigenvalue weighted by molar-refractivity contribution is 6.44. The van der Waals surface area contributed by atoms with Crippen molar-refractivity contribution in [1.29, 1.82) is 0 Å². The summed E-state index contributed by atoms with van der Waals surface area (Å²) in [6.45, 7) is 6.65. The number of urea groups is 1. The number of fused-ring (bicyclic) bond motifs is 1. The van der Waals surface area contributed by atoms with Crippen LogP contribution in [0.3, 0.4) is 0 Å². The lowest BCUT2D eigenvalue weighted by Crippen LogP contribution is -3.13. The second-order valence-corrected chi connectivity index (χ2v) is 8.15. The van der Waals surface area contributed by atoms with Gasteiger partial charge in [-0.3, -0.25) is 14.5 Å². The van der Waals surface area contributed by atoms with Gasteiger partial charge in [0.25, 0.3) is 0 Å². The van der Waals surface area contributed by atoms with E-state index in [1.807, 2.05) is 26.0 Å². The SMILES string of the molecule is CCOc1cc2c(cc1OCC)C[NH+](CN1C(=O)C(=O)N(C3CCCC3)C1=O)CC2. The van der Waals surface area contributed by atoms with E-state index in [2.05, 4.69) is 0 Å². The van der Waals surface area contributed by atoms with Crippen molar-refractivity contribution in [1.82, 2.24) is 9.80 Å². The Morgan fingerprint density at radius 3 is 2.23 bits per heavy atom. The molecule has 1 aliphatic carbocycles. The van der Waals surface area contributed by atoms with Crippen LogP contribution in [0, 0.1) is 0 Å². The number of carbonyl (C=O) groups is 3. The van der Waals surface area contributed by atoms with Gasteiger partial charge in [0.1, 0.15) is 6.54 Å². The van der Waals surface area contributed by atoms with Crippen molar-refractivity contribution in [3.05, 3.63) is 23.3 Å². The Balaban J connectivity index is 1.48. The molecule has 8 heteroatoms. The molecule has 2 aliphatic heterocycles. The molecular weight excluding hydrogens is 386 g/mol. The molecule has 4 rings (SSSR count). The Morgan fingerprint density at radius 1 is 0.967 bits per heavy atom. The lowest BCUT2D eigenvalue weighted by atomic mass is 9.99. The summed E-state index contributed by atoms with van der Waals surface area (Å²) < 4.78 is 11.5. The molecule has 30 heavy (non-hydrogen) atoms. The summed E-state index contributed by atoms with van der Waals surface area (Å²) in [6.07, 6.45) is 4.40. The fourth-order valence-corrected chi connectivity index (χ4v) is 4.75. The van der Waals surface area contributed by atoms with Gasteiger partial charge in [-0.2, -0.15) is 0 Å². The van der Waals surface area contributed by atoms with Crippen LogP contribution >= 0.6 is 0 Å². The van der Waals surface area contributed by atoms with Gasteiger partial charge in [-0.25, -0.2) is 9.69 Å². The van der Waals surface area contributed by atoms with Crippen LogP contribution in [0.5, 0.6) is 11.5 Å². The molecule has 0 bridgehead atoms. The average molecular weight is 416 g/mol. The van der Waals surface area contributed by atoms with Gasteiger partial charge in [-0.15, -0.1) is 0 Å². The zero-order valence-corrected chi connectivity index (χ0v) is 17.7. The van der Waals surface area contributed by atoms with E-state index in [9.17, 15) is 14.4 Å². The molecule has 2 heterocycles. The second-order valence-electron chi connectivity index (χ2n) is 8.15. The Labute approximate surface area is 176 Å². The molecular formula is C22H30N3O5+. The molecule has 1 unspecified atom stereocenters. The van der Waals surface area contributed by atoms with Crippen LogP contribution in [0.15, 0.2) is 12.1 Å². The molecule has 162 valence electrons. The minimum absolute atomic E-state index is 0.123. The second kappa shape index (κ2) is 8.63. The number of nitrogens with zero attached hydrogens (tertiary/aromatic N) is 2. The smallest absolute Gasteiger partial charge is 0.338 e. The van der Waals surface area contributed by atoms with Gasteiger partial charge in [0.15, 0.2) is 18.2 Å². The van der Waals surface area contributed by atoms with E-state index in [0.717, 1.165) is 65.5 Å². The van der Waals surface area contributed by atoms with Gasteiger partial charge in [-0.1, -0.05) is 12.8 Å². The van der Waals surface area contributed by atoms with Gasteiger partial charge in [0.05, 0.1) is 19.8 Å². The first-order valence-corrected chi connectivity index (χ1v) is 11.0. The number of benzene rings is 1. The Hall–Kier alpha value is -2.61. The number of carbonyl (C=O) groups excluding carboxylic acids is 3. The number of ether oxygens (including phenoxy) is 2. The maximum Gasteiger partial charge on any atom is 0.338 e. The summed E-state index contributed by atoms with van der Waals surface area (Å²) in [5, 5.41) is 0. The third kappa shape index (κ3) is 3.76. The highest BCUT2D eigenvalue weighted by Crippen LogP contribution is 2.32. The Morgan fingerprint density at radius 2 is 1.60 bits per heavy atom. The van der Waals surface area contributed by atoms with E-state index >= 15 is 0 Å². The third-order valence-corrected chi connectivity index (χ3v) is 6.21. The summed E-state index contributed by atoms with van der Waals surface area (Å²) in [4.78, 5) is 41.2. The standard InChI is InChI=1S/C22H29N3O5/c1-3-29-18-11-15-9-10-23(13-16(15)12-19(18)30-4-2)14-24-20(26)21(27)25(22(24)28)17-7-5-6-8-17/h11-12,17H,3-10,13-14H2,1-2H3/p+1. The lowest BCUT2D eigenvalue weighted by Gasteiger charge is -2.29. The third-order valence-electron chi connectivity index (χ3n) is 6.21. The van der Waals surface area contributed by atoms with Crippen molar-refractivity contribution in [3.8, 4) is 11.5 Å². The molecule has 1 aromatic rings. The monoisotopic (exact) mass is 416 g/mol. The largest absolute Gasteiger partial charge is 0.490 e. The topological polar surface area (TPSA) is 80.6 Å². The molecule has 8 nitrogen and oxygen atoms in total. The molecule has 4 amide bonds. The minimum atomic E-state index is -0.688. The van der Waals surface area contributed by atoms with Crippen molar-refractivity contribution < 1.29 is 28.8 Å². The summed E-state index contributed by atoms with van der Waals surface area (Å²) in [5.74, 6) is 0.120. The van der Waals surface area contributed by atoms with E-state index in [0.29, 0.717) is 19.8 Å². The zero-order chi connectivity index (χ0) is 21.3. The first kappa shape index (κ1) is 20.7. The minimum Gasteiger partial charge on any atom is -0.490 e. The van der Waals surface area contributed by atoms with Crippen molar-refractivity contribution in [2.75, 3.05) is 26.4 Å². The van der Waals surface area contributed by atoms with Crippen LogP contribution < -0.4 is 14.4 Å². The predicted octanol–water partition coefficient (Wildman–Crippen LogP) is 1.12. The number of quaternary nitrogens is 1. The summed E-state index contributed by atoms with van der Waals surface area (Å²) >= 11 is 0. The van der Waals surface area contributed by atoms with Crippen LogP contribution in [-0.4, -0.2) is 60.1 Å². The highest BCUT2D eigenvalue weighted by atomic mass is 16.5. The molecule has 1 saturated carbocycles. The van der Waals surface area contributed by atoms with E-state index in [1.165, 1.54) is 10.5 Å². The molecule has 1 atom stereocenters. The molecule has 1 aromatic carbocycles. The zero-order valence-electron chi connectivity index (χ0n) is 17.7. The Bertz CT molecular complexity index is 849. The quantitative estimate of drug-likeness (QED) is 0.532. The van der Waals surface area contributed by atoms with E-state index in [4.69, 9.17) is 9.47 Å². The fraction of sp³-hybridized carbons (Fsp3) is 0.591. The molecule has 1 N–H and O–H groups in total. The maximum atomic E-state index is 12.8. The van der Waals surface area contributed by atoms with Gasteiger partial charge >= 0.3 is 17.8 Å². The molecule has 2 fully saturated rings. The van der Waals surface area contributed by atoms with Gasteiger partial charge in [-0.05, 0) is 44.4 Å². The molecule has 0 spiro atoms. The summed E-state index contributed by atoms with van der Waals surface area (Å²) in [7, 11) is 0. The predicted molar refractivity (Wildman–Crippen MR) is 108 cm³/mol. The molecule has 1 saturated heterocycles. The lowest BCUT2D eigenvalue weighted by molar-refractivity contribution is -0.923. The van der Waals surface area contributed by atoms with Crippen molar-refractivity contribution in [3.63, 3.8) is 0 Å². The number of nitrogens with one attached hydrogen (secondary N) is 1. The van der Waals surface area contributed by atoms with Gasteiger partial charge < -0.3 is 14.4 Å². The van der Waals surface area contributed by atoms with Crippen LogP contribution in [0.1, 0.15) is 50.7 Å². The van der Waals surface area contributed by atoms with Crippen LogP contribution in [0.2, 0.25) is 0 Å². The normalized spacial score (nSPS) is 22.1. The number of amides is 4. The molecule has 0 aromatic heterocycles.